The summed E-state index contributed by atoms with van der Waals surface area (Å²) in [5.74, 6) is 0.139. The number of piperidine rings is 1. The fraction of sp³-hybridized carbons (Fsp3) is 0.318. The first-order chi connectivity index (χ1) is 14.2. The average molecular weight is 393 g/mol. The highest BCUT2D eigenvalue weighted by molar-refractivity contribution is 5.92. The molecule has 2 heterocycles. The topological polar surface area (TPSA) is 82.5 Å². The molecule has 0 atom stereocenters. The van der Waals surface area contributed by atoms with Gasteiger partial charge in [-0.25, -0.2) is 0 Å². The van der Waals surface area contributed by atoms with Gasteiger partial charge in [-0.15, -0.1) is 0 Å². The normalized spacial score (nSPS) is 14.7. The van der Waals surface area contributed by atoms with Crippen LogP contribution in [0.2, 0.25) is 0 Å². The predicted octanol–water partition coefficient (Wildman–Crippen LogP) is 2.13. The van der Waals surface area contributed by atoms with Crippen molar-refractivity contribution in [2.45, 2.75) is 19.3 Å². The Morgan fingerprint density at radius 1 is 1.17 bits per heavy atom. The summed E-state index contributed by atoms with van der Waals surface area (Å²) in [7, 11) is 1.57. The van der Waals surface area contributed by atoms with Crippen molar-refractivity contribution in [3.05, 3.63) is 65.9 Å². The Labute approximate surface area is 169 Å². The van der Waals surface area contributed by atoms with E-state index in [4.69, 9.17) is 9.26 Å². The van der Waals surface area contributed by atoms with E-state index in [9.17, 15) is 9.90 Å². The van der Waals surface area contributed by atoms with E-state index in [1.807, 2.05) is 18.2 Å². The van der Waals surface area contributed by atoms with Gasteiger partial charge in [0.15, 0.2) is 5.95 Å². The molecule has 1 fully saturated rings. The number of aromatic nitrogens is 2. The van der Waals surface area contributed by atoms with Crippen molar-refractivity contribution >= 4 is 5.91 Å². The number of rotatable bonds is 5. The van der Waals surface area contributed by atoms with Crippen LogP contribution in [0.15, 0.2) is 59.1 Å². The fourth-order valence-corrected chi connectivity index (χ4v) is 3.76. The smallest absolute Gasteiger partial charge is 0.327 e. The van der Waals surface area contributed by atoms with Crippen LogP contribution in [-0.2, 0) is 6.42 Å². The van der Waals surface area contributed by atoms with Gasteiger partial charge in [-0.1, -0.05) is 30.3 Å². The number of carbonyl (C=O) groups excluding carboxylic acids is 1. The van der Waals surface area contributed by atoms with Gasteiger partial charge in [0.25, 0.3) is 0 Å². The molecule has 0 aliphatic carbocycles. The van der Waals surface area contributed by atoms with Gasteiger partial charge in [-0.2, -0.15) is 0 Å². The van der Waals surface area contributed by atoms with E-state index in [1.54, 1.807) is 36.3 Å². The second kappa shape index (κ2) is 8.34. The Hall–Kier alpha value is -3.35. The Morgan fingerprint density at radius 3 is 2.52 bits per heavy atom. The quantitative estimate of drug-likeness (QED) is 0.620. The number of hydrogen-bond donors (Lipinski definition) is 0. The van der Waals surface area contributed by atoms with Gasteiger partial charge in [0.05, 0.1) is 12.4 Å². The molecule has 1 saturated heterocycles. The minimum Gasteiger partial charge on any atom is -0.538 e. The van der Waals surface area contributed by atoms with Crippen molar-refractivity contribution in [1.82, 2.24) is 10.2 Å². The Kier molecular flexibility index (Phi) is 5.46. The number of benzene rings is 2. The van der Waals surface area contributed by atoms with Crippen LogP contribution in [0, 0.1) is 5.92 Å². The van der Waals surface area contributed by atoms with Crippen LogP contribution in [0.5, 0.6) is 11.7 Å². The molecule has 0 saturated carbocycles. The predicted molar refractivity (Wildman–Crippen MR) is 103 cm³/mol. The lowest BCUT2D eigenvalue weighted by Gasteiger charge is -2.31. The van der Waals surface area contributed by atoms with Gasteiger partial charge < -0.3 is 19.3 Å². The monoisotopic (exact) mass is 393 g/mol. The number of carbonyl (C=O) groups is 1. The Bertz CT molecular complexity index is 961. The van der Waals surface area contributed by atoms with Crippen LogP contribution in [0.1, 0.15) is 28.9 Å². The van der Waals surface area contributed by atoms with Crippen molar-refractivity contribution in [2.75, 3.05) is 20.2 Å². The molecular weight excluding hydrogens is 370 g/mol. The summed E-state index contributed by atoms with van der Waals surface area (Å²) in [6.45, 7) is 1.23. The molecule has 29 heavy (non-hydrogen) atoms. The molecule has 1 aliphatic rings. The lowest BCUT2D eigenvalue weighted by atomic mass is 9.90. The lowest BCUT2D eigenvalue weighted by molar-refractivity contribution is -0.672. The van der Waals surface area contributed by atoms with E-state index >= 15 is 0 Å². The standard InChI is InChI=1S/C22H23N3O4/c1-28-19-9-7-18(8-10-19)25-20(22(27)29-23-25)21(26)24-13-11-17(12-14-24)15-16-5-3-2-4-6-16/h2-10,17H,11-15H2,1H3. The fourth-order valence-electron chi connectivity index (χ4n) is 3.76. The minimum absolute atomic E-state index is 0.0725. The average Bonchev–Trinajstić information content (AvgIpc) is 3.16. The zero-order valence-electron chi connectivity index (χ0n) is 16.3. The SMILES string of the molecule is COc1ccc(-[n+]2noc([O-])c2C(=O)N2CCC(Cc3ccccc3)CC2)cc1. The summed E-state index contributed by atoms with van der Waals surface area (Å²) in [4.78, 5) is 14.8. The van der Waals surface area contributed by atoms with Gasteiger partial charge in [-0.05, 0) is 47.6 Å². The molecule has 7 nitrogen and oxygen atoms in total. The van der Waals surface area contributed by atoms with Crippen LogP contribution in [0.4, 0.5) is 0 Å². The maximum atomic E-state index is 13.0. The summed E-state index contributed by atoms with van der Waals surface area (Å²) in [5.41, 5.74) is 1.81. The van der Waals surface area contributed by atoms with Crippen LogP contribution >= 0.6 is 0 Å². The third-order valence-corrected chi connectivity index (χ3v) is 5.40. The van der Waals surface area contributed by atoms with E-state index < -0.39 is 5.95 Å². The summed E-state index contributed by atoms with van der Waals surface area (Å²) in [5, 5.41) is 16.0. The van der Waals surface area contributed by atoms with Crippen LogP contribution < -0.4 is 14.5 Å². The molecule has 150 valence electrons. The van der Waals surface area contributed by atoms with E-state index in [0.717, 1.165) is 19.3 Å². The van der Waals surface area contributed by atoms with Crippen molar-refractivity contribution in [3.63, 3.8) is 0 Å². The number of amides is 1. The zero-order valence-corrected chi connectivity index (χ0v) is 16.3. The molecular formula is C22H23N3O4. The Balaban J connectivity index is 1.46. The molecule has 2 aromatic carbocycles. The van der Waals surface area contributed by atoms with E-state index in [1.165, 1.54) is 10.2 Å². The molecule has 3 aromatic rings. The lowest BCUT2D eigenvalue weighted by Crippen LogP contribution is -2.46. The molecule has 0 radical (unpaired) electrons. The van der Waals surface area contributed by atoms with Crippen LogP contribution in [0.25, 0.3) is 5.69 Å². The Morgan fingerprint density at radius 2 is 1.86 bits per heavy atom. The summed E-state index contributed by atoms with van der Waals surface area (Å²) in [6, 6.07) is 17.3. The molecule has 0 bridgehead atoms. The first-order valence-corrected chi connectivity index (χ1v) is 9.72. The maximum Gasteiger partial charge on any atom is 0.327 e. The van der Waals surface area contributed by atoms with E-state index in [-0.39, 0.29) is 11.6 Å². The van der Waals surface area contributed by atoms with Crippen molar-refractivity contribution in [2.24, 2.45) is 5.92 Å². The first kappa shape index (κ1) is 19.0. The summed E-state index contributed by atoms with van der Waals surface area (Å²) >= 11 is 0. The maximum absolute atomic E-state index is 13.0. The number of nitrogens with zero attached hydrogens (tertiary/aromatic N) is 3. The van der Waals surface area contributed by atoms with Crippen molar-refractivity contribution < 1.29 is 23.8 Å². The van der Waals surface area contributed by atoms with E-state index in [2.05, 4.69) is 17.4 Å². The molecule has 7 heteroatoms. The largest absolute Gasteiger partial charge is 0.538 e. The molecule has 0 spiro atoms. The second-order valence-electron chi connectivity index (χ2n) is 7.24. The van der Waals surface area contributed by atoms with E-state index in [0.29, 0.717) is 30.4 Å². The third-order valence-electron chi connectivity index (χ3n) is 5.40. The molecule has 0 unspecified atom stereocenters. The zero-order chi connectivity index (χ0) is 20.2. The highest BCUT2D eigenvalue weighted by Gasteiger charge is 2.33. The highest BCUT2D eigenvalue weighted by atomic mass is 16.6. The number of ether oxygens (including phenoxy) is 1. The molecule has 1 amide bonds. The van der Waals surface area contributed by atoms with Gasteiger partial charge in [0.2, 0.25) is 5.69 Å². The van der Waals surface area contributed by atoms with Crippen LogP contribution in [-0.4, -0.2) is 36.3 Å². The molecule has 0 N–H and O–H groups in total. The van der Waals surface area contributed by atoms with Gasteiger partial charge >= 0.3 is 11.6 Å². The first-order valence-electron chi connectivity index (χ1n) is 9.72. The second-order valence-corrected chi connectivity index (χ2v) is 7.24. The third kappa shape index (κ3) is 4.08. The minimum atomic E-state index is -0.725. The number of methoxy groups -OCH3 is 1. The van der Waals surface area contributed by atoms with Gasteiger partial charge in [0, 0.05) is 25.2 Å². The number of hydrogen-bond acceptors (Lipinski definition) is 5. The highest BCUT2D eigenvalue weighted by Crippen LogP contribution is 2.24. The summed E-state index contributed by atoms with van der Waals surface area (Å²) in [6.07, 6.45) is 2.82. The summed E-state index contributed by atoms with van der Waals surface area (Å²) < 4.78 is 11.2. The van der Waals surface area contributed by atoms with Crippen LogP contribution in [0.3, 0.4) is 0 Å². The molecule has 1 aromatic heterocycles. The molecule has 1 aliphatic heterocycles. The van der Waals surface area contributed by atoms with Gasteiger partial charge in [-0.3, -0.25) is 4.79 Å². The number of likely N-dealkylation sites (tertiary alicyclic amines) is 1. The van der Waals surface area contributed by atoms with Gasteiger partial charge in [0.1, 0.15) is 5.75 Å². The van der Waals surface area contributed by atoms with Crippen molar-refractivity contribution in [1.29, 1.82) is 0 Å². The van der Waals surface area contributed by atoms with Crippen molar-refractivity contribution in [3.8, 4) is 17.4 Å². The molecule has 4 rings (SSSR count).